The highest BCUT2D eigenvalue weighted by atomic mass is 79.9. The molecule has 1 aliphatic rings. The van der Waals surface area contributed by atoms with Crippen molar-refractivity contribution in [2.45, 2.75) is 38.6 Å². The second-order valence-corrected chi connectivity index (χ2v) is 9.09. The highest BCUT2D eigenvalue weighted by Gasteiger charge is 2.23. The summed E-state index contributed by atoms with van der Waals surface area (Å²) < 4.78 is 1.03. The zero-order chi connectivity index (χ0) is 14.1. The molecule has 1 aliphatic carbocycles. The van der Waals surface area contributed by atoms with Gasteiger partial charge in [0.2, 0.25) is 0 Å². The molecule has 0 aromatic carbocycles. The topological polar surface area (TPSA) is 12.0 Å². The molecule has 0 saturated heterocycles. The Hall–Kier alpha value is 0.130. The fourth-order valence-corrected chi connectivity index (χ4v) is 5.90. The Bertz CT molecular complexity index is 564. The Labute approximate surface area is 141 Å². The van der Waals surface area contributed by atoms with Crippen LogP contribution in [-0.4, -0.2) is 6.54 Å². The maximum atomic E-state index is 6.21. The van der Waals surface area contributed by atoms with Crippen LogP contribution in [0.15, 0.2) is 15.9 Å². The average Bonchev–Trinajstić information content (AvgIpc) is 3.06. The molecule has 1 atom stereocenters. The summed E-state index contributed by atoms with van der Waals surface area (Å²) in [4.78, 5) is 4.33. The number of thiophene rings is 2. The summed E-state index contributed by atoms with van der Waals surface area (Å²) in [6.45, 7) is 3.23. The summed E-state index contributed by atoms with van der Waals surface area (Å²) in [5.41, 5.74) is 1.56. The molecule has 0 bridgehead atoms. The molecule has 2 heterocycles. The van der Waals surface area contributed by atoms with Crippen molar-refractivity contribution in [1.82, 2.24) is 5.32 Å². The van der Waals surface area contributed by atoms with Gasteiger partial charge in [0.25, 0.3) is 0 Å². The molecule has 0 radical (unpaired) electrons. The summed E-state index contributed by atoms with van der Waals surface area (Å²) in [5, 5.41) is 4.49. The monoisotopic (exact) mass is 389 g/mol. The first-order valence-electron chi connectivity index (χ1n) is 6.98. The van der Waals surface area contributed by atoms with Crippen molar-refractivity contribution in [2.24, 2.45) is 0 Å². The molecule has 0 aliphatic heterocycles. The minimum Gasteiger partial charge on any atom is -0.305 e. The van der Waals surface area contributed by atoms with Gasteiger partial charge in [-0.15, -0.1) is 22.7 Å². The van der Waals surface area contributed by atoms with E-state index in [-0.39, 0.29) is 0 Å². The Morgan fingerprint density at radius 1 is 1.30 bits per heavy atom. The van der Waals surface area contributed by atoms with Crippen molar-refractivity contribution in [3.8, 4) is 0 Å². The van der Waals surface area contributed by atoms with Gasteiger partial charge in [0.05, 0.1) is 14.9 Å². The lowest BCUT2D eigenvalue weighted by Crippen LogP contribution is -2.21. The molecule has 108 valence electrons. The van der Waals surface area contributed by atoms with Crippen LogP contribution < -0.4 is 5.32 Å². The van der Waals surface area contributed by atoms with E-state index in [2.05, 4.69) is 40.3 Å². The zero-order valence-electron chi connectivity index (χ0n) is 11.3. The Morgan fingerprint density at radius 2 is 2.10 bits per heavy atom. The molecule has 1 nitrogen and oxygen atoms in total. The molecule has 0 spiro atoms. The number of nitrogens with one attached hydrogen (secondary N) is 1. The summed E-state index contributed by atoms with van der Waals surface area (Å²) in [7, 11) is 0. The van der Waals surface area contributed by atoms with E-state index >= 15 is 0 Å². The molecule has 0 fully saturated rings. The lowest BCUT2D eigenvalue weighted by atomic mass is 10.1. The fourth-order valence-electron chi connectivity index (χ4n) is 2.63. The van der Waals surface area contributed by atoms with Crippen LogP contribution in [0.1, 0.15) is 46.0 Å². The third-order valence-corrected chi connectivity index (χ3v) is 7.44. The van der Waals surface area contributed by atoms with Crippen molar-refractivity contribution < 1.29 is 0 Å². The first kappa shape index (κ1) is 15.0. The predicted molar refractivity (Wildman–Crippen MR) is 93.5 cm³/mol. The largest absolute Gasteiger partial charge is 0.305 e. The summed E-state index contributed by atoms with van der Waals surface area (Å²) >= 11 is 13.5. The van der Waals surface area contributed by atoms with Crippen molar-refractivity contribution in [2.75, 3.05) is 6.54 Å². The molecule has 20 heavy (non-hydrogen) atoms. The SMILES string of the molecule is CCCNC(c1cc(Cl)c(Br)s1)c1cc2c(s1)CCC2. The maximum Gasteiger partial charge on any atom is 0.0888 e. The van der Waals surface area contributed by atoms with E-state index in [1.165, 1.54) is 29.0 Å². The molecule has 2 aromatic rings. The van der Waals surface area contributed by atoms with E-state index in [9.17, 15) is 0 Å². The van der Waals surface area contributed by atoms with Crippen molar-refractivity contribution in [1.29, 1.82) is 0 Å². The van der Waals surface area contributed by atoms with Gasteiger partial charge >= 0.3 is 0 Å². The Balaban J connectivity index is 1.92. The second-order valence-electron chi connectivity index (χ2n) is 5.11. The van der Waals surface area contributed by atoms with Gasteiger partial charge in [-0.3, -0.25) is 0 Å². The van der Waals surface area contributed by atoms with E-state index in [0.717, 1.165) is 21.8 Å². The first-order valence-corrected chi connectivity index (χ1v) is 9.79. The number of hydrogen-bond acceptors (Lipinski definition) is 3. The molecular weight excluding hydrogens is 374 g/mol. The fraction of sp³-hybridized carbons (Fsp3) is 0.467. The maximum absolute atomic E-state index is 6.21. The van der Waals surface area contributed by atoms with Crippen LogP contribution in [-0.2, 0) is 12.8 Å². The summed E-state index contributed by atoms with van der Waals surface area (Å²) in [5.74, 6) is 0. The zero-order valence-corrected chi connectivity index (χ0v) is 15.3. The average molecular weight is 391 g/mol. The van der Waals surface area contributed by atoms with Crippen molar-refractivity contribution >= 4 is 50.2 Å². The highest BCUT2D eigenvalue weighted by Crippen LogP contribution is 2.41. The third kappa shape index (κ3) is 3.00. The number of fused-ring (bicyclic) bond motifs is 1. The molecular formula is C15H17BrClNS2. The first-order chi connectivity index (χ1) is 9.69. The van der Waals surface area contributed by atoms with E-state index in [0.29, 0.717) is 6.04 Å². The van der Waals surface area contributed by atoms with Gasteiger partial charge < -0.3 is 5.32 Å². The molecule has 3 rings (SSSR count). The molecule has 0 saturated carbocycles. The third-order valence-electron chi connectivity index (χ3n) is 3.60. The van der Waals surface area contributed by atoms with Gasteiger partial charge in [-0.1, -0.05) is 18.5 Å². The van der Waals surface area contributed by atoms with Crippen LogP contribution in [0.4, 0.5) is 0 Å². The van der Waals surface area contributed by atoms with Gasteiger partial charge in [-0.05, 0) is 65.9 Å². The molecule has 1 unspecified atom stereocenters. The number of halogens is 2. The summed E-state index contributed by atoms with van der Waals surface area (Å²) in [6.07, 6.45) is 4.98. The quantitative estimate of drug-likeness (QED) is 0.680. The van der Waals surface area contributed by atoms with Crippen LogP contribution in [0.5, 0.6) is 0 Å². The van der Waals surface area contributed by atoms with Gasteiger partial charge in [0.1, 0.15) is 0 Å². The van der Waals surface area contributed by atoms with Crippen molar-refractivity contribution in [3.63, 3.8) is 0 Å². The van der Waals surface area contributed by atoms with E-state index in [1.54, 1.807) is 21.8 Å². The molecule has 2 aromatic heterocycles. The van der Waals surface area contributed by atoms with E-state index < -0.39 is 0 Å². The van der Waals surface area contributed by atoms with E-state index in [1.807, 2.05) is 11.3 Å². The molecule has 0 amide bonds. The lowest BCUT2D eigenvalue weighted by Gasteiger charge is -2.15. The minimum atomic E-state index is 0.291. The van der Waals surface area contributed by atoms with Crippen LogP contribution in [0, 0.1) is 0 Å². The summed E-state index contributed by atoms with van der Waals surface area (Å²) in [6, 6.07) is 4.79. The van der Waals surface area contributed by atoms with E-state index in [4.69, 9.17) is 11.6 Å². The van der Waals surface area contributed by atoms with Gasteiger partial charge in [-0.2, -0.15) is 0 Å². The molecule has 1 N–H and O–H groups in total. The minimum absolute atomic E-state index is 0.291. The number of hydrogen-bond donors (Lipinski definition) is 1. The molecule has 5 heteroatoms. The lowest BCUT2D eigenvalue weighted by molar-refractivity contribution is 0.613. The predicted octanol–water partition coefficient (Wildman–Crippen LogP) is 5.80. The van der Waals surface area contributed by atoms with Gasteiger partial charge in [0.15, 0.2) is 0 Å². The number of rotatable bonds is 5. The van der Waals surface area contributed by atoms with Gasteiger partial charge in [-0.25, -0.2) is 0 Å². The van der Waals surface area contributed by atoms with Crippen LogP contribution in [0.2, 0.25) is 5.02 Å². The smallest absolute Gasteiger partial charge is 0.0888 e. The van der Waals surface area contributed by atoms with Crippen LogP contribution in [0.3, 0.4) is 0 Å². The van der Waals surface area contributed by atoms with Crippen molar-refractivity contribution in [3.05, 3.63) is 41.1 Å². The highest BCUT2D eigenvalue weighted by molar-refractivity contribution is 9.11. The van der Waals surface area contributed by atoms with Crippen LogP contribution in [0.25, 0.3) is 0 Å². The number of aryl methyl sites for hydroxylation is 2. The normalized spacial score (nSPS) is 15.6. The Morgan fingerprint density at radius 3 is 2.75 bits per heavy atom. The standard InChI is InChI=1S/C15H17BrClNS2/c1-2-6-18-14(13-8-10(17)15(16)20-13)12-7-9-4-3-5-11(9)19-12/h7-8,14,18H,2-6H2,1H3. The second kappa shape index (κ2) is 6.49. The van der Waals surface area contributed by atoms with Crippen LogP contribution >= 0.6 is 50.2 Å². The Kier molecular flexibility index (Phi) is 4.88. The van der Waals surface area contributed by atoms with Gasteiger partial charge in [0, 0.05) is 14.6 Å².